The Balaban J connectivity index is 1.52. The Hall–Kier alpha value is -1.60. The molecule has 1 aromatic rings. The number of aliphatic hydroxyl groups is 1. The third-order valence-electron chi connectivity index (χ3n) is 6.28. The van der Waals surface area contributed by atoms with Crippen molar-refractivity contribution in [2.24, 2.45) is 11.3 Å². The number of piperazine rings is 1. The predicted octanol–water partition coefficient (Wildman–Crippen LogP) is 1.19. The number of anilines is 3. The van der Waals surface area contributed by atoms with Crippen molar-refractivity contribution >= 4 is 17.6 Å². The lowest BCUT2D eigenvalue weighted by Gasteiger charge is -2.43. The Morgan fingerprint density at radius 3 is 2.46 bits per heavy atom. The quantitative estimate of drug-likeness (QED) is 0.816. The van der Waals surface area contributed by atoms with Crippen LogP contribution >= 0.6 is 0 Å². The Labute approximate surface area is 156 Å². The van der Waals surface area contributed by atoms with Crippen LogP contribution in [0.15, 0.2) is 6.07 Å². The second-order valence-corrected chi connectivity index (χ2v) is 8.56. The number of nitrogens with two attached hydrogens (primary N) is 1. The van der Waals surface area contributed by atoms with Gasteiger partial charge in [-0.3, -0.25) is 0 Å². The molecule has 1 aromatic heterocycles. The molecule has 4 rings (SSSR count). The molecule has 26 heavy (non-hydrogen) atoms. The third-order valence-corrected chi connectivity index (χ3v) is 6.28. The molecule has 1 atom stereocenters. The van der Waals surface area contributed by atoms with E-state index in [0.29, 0.717) is 5.95 Å². The van der Waals surface area contributed by atoms with E-state index in [9.17, 15) is 5.11 Å². The molecule has 0 aromatic carbocycles. The standard InChI is InChI=1S/C19H32N6O/c1-23-7-9-24(10-8-23)16-11-17(22-18(20)21-16)25-6-2-5-19(13-25,14-26)12-15-3-4-15/h11,15,26H,2-10,12-14H2,1H3,(H2,20,21,22)/t19-/m0/s1. The summed E-state index contributed by atoms with van der Waals surface area (Å²) in [6.45, 7) is 6.13. The molecule has 3 aliphatic rings. The van der Waals surface area contributed by atoms with E-state index in [1.54, 1.807) is 0 Å². The van der Waals surface area contributed by atoms with Gasteiger partial charge in [0.05, 0.1) is 6.61 Å². The first kappa shape index (κ1) is 17.8. The van der Waals surface area contributed by atoms with Crippen molar-refractivity contribution in [1.82, 2.24) is 14.9 Å². The number of hydrogen-bond donors (Lipinski definition) is 2. The van der Waals surface area contributed by atoms with Crippen LogP contribution in [0.3, 0.4) is 0 Å². The van der Waals surface area contributed by atoms with Crippen LogP contribution in [-0.4, -0.2) is 72.9 Å². The van der Waals surface area contributed by atoms with Crippen molar-refractivity contribution in [3.05, 3.63) is 6.07 Å². The number of nitrogens with zero attached hydrogens (tertiary/aromatic N) is 5. The zero-order valence-corrected chi connectivity index (χ0v) is 15.9. The van der Waals surface area contributed by atoms with Crippen LogP contribution in [-0.2, 0) is 0 Å². The van der Waals surface area contributed by atoms with Crippen LogP contribution in [0.4, 0.5) is 17.6 Å². The van der Waals surface area contributed by atoms with Crippen LogP contribution in [0, 0.1) is 11.3 Å². The second kappa shape index (κ2) is 7.19. The van der Waals surface area contributed by atoms with Gasteiger partial charge in [0, 0.05) is 50.7 Å². The molecule has 2 saturated heterocycles. The van der Waals surface area contributed by atoms with Gasteiger partial charge >= 0.3 is 0 Å². The lowest BCUT2D eigenvalue weighted by atomic mass is 9.76. The monoisotopic (exact) mass is 360 g/mol. The van der Waals surface area contributed by atoms with E-state index in [-0.39, 0.29) is 12.0 Å². The van der Waals surface area contributed by atoms with E-state index in [1.807, 2.05) is 0 Å². The Morgan fingerprint density at radius 1 is 1.12 bits per heavy atom. The predicted molar refractivity (Wildman–Crippen MR) is 104 cm³/mol. The highest BCUT2D eigenvalue weighted by Gasteiger charge is 2.40. The van der Waals surface area contributed by atoms with Gasteiger partial charge in [0.15, 0.2) is 0 Å². The Bertz CT molecular complexity index is 628. The van der Waals surface area contributed by atoms with Crippen LogP contribution in [0.2, 0.25) is 0 Å². The van der Waals surface area contributed by atoms with Gasteiger partial charge in [0.1, 0.15) is 11.6 Å². The van der Waals surface area contributed by atoms with Crippen LogP contribution < -0.4 is 15.5 Å². The highest BCUT2D eigenvalue weighted by atomic mass is 16.3. The summed E-state index contributed by atoms with van der Waals surface area (Å²) in [7, 11) is 2.15. The van der Waals surface area contributed by atoms with Crippen molar-refractivity contribution in [2.45, 2.75) is 32.1 Å². The molecule has 0 unspecified atom stereocenters. The van der Waals surface area contributed by atoms with E-state index in [2.05, 4.69) is 37.8 Å². The van der Waals surface area contributed by atoms with E-state index in [1.165, 1.54) is 12.8 Å². The lowest BCUT2D eigenvalue weighted by Crippen LogP contribution is -2.47. The summed E-state index contributed by atoms with van der Waals surface area (Å²) >= 11 is 0. The molecule has 0 radical (unpaired) electrons. The normalized spacial score (nSPS) is 27.8. The zero-order valence-electron chi connectivity index (χ0n) is 15.9. The van der Waals surface area contributed by atoms with Crippen LogP contribution in [0.25, 0.3) is 0 Å². The summed E-state index contributed by atoms with van der Waals surface area (Å²) in [5.74, 6) is 3.01. The van der Waals surface area contributed by atoms with Crippen molar-refractivity contribution in [2.75, 3.05) is 68.5 Å². The van der Waals surface area contributed by atoms with Gasteiger partial charge in [-0.2, -0.15) is 9.97 Å². The minimum absolute atomic E-state index is 0.0210. The highest BCUT2D eigenvalue weighted by molar-refractivity contribution is 5.54. The van der Waals surface area contributed by atoms with E-state index in [0.717, 1.165) is 76.1 Å². The van der Waals surface area contributed by atoms with Gasteiger partial charge in [-0.1, -0.05) is 12.8 Å². The topological polar surface area (TPSA) is 81.8 Å². The molecular weight excluding hydrogens is 328 g/mol. The van der Waals surface area contributed by atoms with Gasteiger partial charge in [0.25, 0.3) is 0 Å². The Morgan fingerprint density at radius 2 is 1.81 bits per heavy atom. The molecule has 7 nitrogen and oxygen atoms in total. The first-order valence-electron chi connectivity index (χ1n) is 10.0. The maximum atomic E-state index is 10.1. The molecule has 1 saturated carbocycles. The summed E-state index contributed by atoms with van der Waals surface area (Å²) in [5, 5.41) is 10.1. The van der Waals surface area contributed by atoms with E-state index >= 15 is 0 Å². The summed E-state index contributed by atoms with van der Waals surface area (Å²) in [6, 6.07) is 2.09. The van der Waals surface area contributed by atoms with Gasteiger partial charge < -0.3 is 25.5 Å². The largest absolute Gasteiger partial charge is 0.396 e. The van der Waals surface area contributed by atoms with Crippen molar-refractivity contribution in [3.63, 3.8) is 0 Å². The van der Waals surface area contributed by atoms with Gasteiger partial charge in [-0.25, -0.2) is 0 Å². The van der Waals surface area contributed by atoms with Crippen molar-refractivity contribution < 1.29 is 5.11 Å². The first-order chi connectivity index (χ1) is 12.6. The van der Waals surface area contributed by atoms with Gasteiger partial charge in [-0.05, 0) is 32.2 Å². The van der Waals surface area contributed by atoms with Crippen molar-refractivity contribution in [1.29, 1.82) is 0 Å². The molecule has 1 aliphatic carbocycles. The number of nitrogen functional groups attached to an aromatic ring is 1. The highest BCUT2D eigenvalue weighted by Crippen LogP contribution is 2.45. The fourth-order valence-corrected chi connectivity index (χ4v) is 4.50. The van der Waals surface area contributed by atoms with Gasteiger partial charge in [0.2, 0.25) is 5.95 Å². The molecule has 0 amide bonds. The number of aromatic nitrogens is 2. The number of likely N-dealkylation sites (N-methyl/N-ethyl adjacent to an activating group) is 1. The summed E-state index contributed by atoms with van der Waals surface area (Å²) in [6.07, 6.45) is 6.01. The zero-order chi connectivity index (χ0) is 18.1. The number of rotatable bonds is 5. The molecule has 0 bridgehead atoms. The molecule has 3 heterocycles. The smallest absolute Gasteiger partial charge is 0.223 e. The van der Waals surface area contributed by atoms with Gasteiger partial charge in [-0.15, -0.1) is 0 Å². The summed E-state index contributed by atoms with van der Waals surface area (Å²) < 4.78 is 0. The van der Waals surface area contributed by atoms with E-state index in [4.69, 9.17) is 5.73 Å². The van der Waals surface area contributed by atoms with E-state index < -0.39 is 0 Å². The molecule has 2 aliphatic heterocycles. The number of piperidine rings is 1. The first-order valence-corrected chi connectivity index (χ1v) is 10.0. The molecule has 3 fully saturated rings. The fraction of sp³-hybridized carbons (Fsp3) is 0.789. The third kappa shape index (κ3) is 3.88. The molecule has 0 spiro atoms. The molecule has 3 N–H and O–H groups in total. The summed E-state index contributed by atoms with van der Waals surface area (Å²) in [5.41, 5.74) is 6.08. The average molecular weight is 361 g/mol. The second-order valence-electron chi connectivity index (χ2n) is 8.56. The van der Waals surface area contributed by atoms with Crippen LogP contribution in [0.1, 0.15) is 32.1 Å². The van der Waals surface area contributed by atoms with Crippen LogP contribution in [0.5, 0.6) is 0 Å². The Kier molecular flexibility index (Phi) is 4.92. The van der Waals surface area contributed by atoms with Crippen molar-refractivity contribution in [3.8, 4) is 0 Å². The maximum absolute atomic E-state index is 10.1. The molecular formula is C19H32N6O. The average Bonchev–Trinajstić information content (AvgIpc) is 3.46. The molecule has 144 valence electrons. The SMILES string of the molecule is CN1CCN(c2cc(N3CCC[C@](CO)(CC4CC4)C3)nc(N)n2)CC1. The molecule has 7 heteroatoms. The number of hydrogen-bond acceptors (Lipinski definition) is 7. The minimum atomic E-state index is 0.0210. The maximum Gasteiger partial charge on any atom is 0.223 e. The number of aliphatic hydroxyl groups excluding tert-OH is 1. The minimum Gasteiger partial charge on any atom is -0.396 e. The summed E-state index contributed by atoms with van der Waals surface area (Å²) in [4.78, 5) is 16.0. The lowest BCUT2D eigenvalue weighted by molar-refractivity contribution is 0.0901. The fourth-order valence-electron chi connectivity index (χ4n) is 4.50.